The molecule has 7 nitrogen and oxygen atoms in total. The van der Waals surface area contributed by atoms with Crippen LogP contribution in [0.2, 0.25) is 15.1 Å². The Hall–Kier alpha value is -2.54. The Morgan fingerprint density at radius 1 is 0.810 bits per heavy atom. The highest BCUT2D eigenvalue weighted by Crippen LogP contribution is 2.33. The van der Waals surface area contributed by atoms with Crippen LogP contribution in [-0.4, -0.2) is 29.3 Å². The number of nitrogen functional groups attached to an aromatic ring is 2. The molecule has 0 saturated carbocycles. The summed E-state index contributed by atoms with van der Waals surface area (Å²) in [6, 6.07) is 18.8. The smallest absolute Gasteiger partial charge is 0.101 e. The summed E-state index contributed by atoms with van der Waals surface area (Å²) in [4.78, 5) is 0. The van der Waals surface area contributed by atoms with Crippen LogP contribution in [0, 0.1) is 11.3 Å². The van der Waals surface area contributed by atoms with Crippen LogP contribution >= 0.6 is 34.8 Å². The van der Waals surface area contributed by atoms with E-state index >= 15 is 0 Å². The van der Waals surface area contributed by atoms with Crippen molar-refractivity contribution in [1.82, 2.24) is 10.6 Å². The van der Waals surface area contributed by atoms with Crippen LogP contribution in [0.25, 0.3) is 0 Å². The largest absolute Gasteiger partial charge is 0.396 e. The number of nitrogens with zero attached hydrogens (tertiary/aromatic N) is 1. The zero-order chi connectivity index (χ0) is 31.7. The average Bonchev–Trinajstić information content (AvgIpc) is 2.91. The van der Waals surface area contributed by atoms with E-state index in [4.69, 9.17) is 56.3 Å². The molecule has 228 valence electrons. The van der Waals surface area contributed by atoms with Crippen LogP contribution in [0.1, 0.15) is 76.0 Å². The Balaban J connectivity index is 0.000000307. The van der Waals surface area contributed by atoms with E-state index in [2.05, 4.69) is 31.4 Å². The third kappa shape index (κ3) is 12.0. The fourth-order valence-electron chi connectivity index (χ4n) is 3.68. The monoisotopic (exact) mass is 633 g/mol. The molecule has 2 atom stereocenters. The van der Waals surface area contributed by atoms with Crippen LogP contribution in [0.4, 0.5) is 11.4 Å². The summed E-state index contributed by atoms with van der Waals surface area (Å²) >= 11 is 18.3. The van der Waals surface area contributed by atoms with Crippen molar-refractivity contribution in [1.29, 1.82) is 5.26 Å². The van der Waals surface area contributed by atoms with E-state index in [1.54, 1.807) is 12.1 Å². The molecule has 0 aromatic heterocycles. The predicted molar refractivity (Wildman–Crippen MR) is 176 cm³/mol. The highest BCUT2D eigenvalue weighted by Gasteiger charge is 2.19. The maximum absolute atomic E-state index is 10.0. The Morgan fingerprint density at radius 2 is 1.31 bits per heavy atom. The van der Waals surface area contributed by atoms with Gasteiger partial charge in [0.25, 0.3) is 0 Å². The summed E-state index contributed by atoms with van der Waals surface area (Å²) in [6.45, 7) is 13.9. The summed E-state index contributed by atoms with van der Waals surface area (Å²) in [7, 11) is 0. The molecule has 3 rings (SSSR count). The van der Waals surface area contributed by atoms with E-state index in [1.165, 1.54) is 0 Å². The number of ether oxygens (including phenoxy) is 1. The standard InChI is InChI=1S/C19H24Cl2N2O.C13H18ClN3O/c1-19(2,3)23-11-17(24-12-13-7-5-4-6-8-13)14-9-15(20)18(22)16(21)10-14;1-13(2,3)17-7-11(18)8-4-9(6-15)12(16)10(14)5-8/h4-10,17,23H,11-12,22H2,1-3H3;4-5,11,17-18H,7,16H2,1-3H3. The molecule has 0 bridgehead atoms. The van der Waals surface area contributed by atoms with Crippen LogP contribution in [0.3, 0.4) is 0 Å². The number of aliphatic hydroxyl groups is 1. The highest BCUT2D eigenvalue weighted by molar-refractivity contribution is 6.38. The molecule has 42 heavy (non-hydrogen) atoms. The second-order valence-corrected chi connectivity index (χ2v) is 13.3. The summed E-state index contributed by atoms with van der Waals surface area (Å²) < 4.78 is 6.14. The molecule has 0 heterocycles. The van der Waals surface area contributed by atoms with Crippen molar-refractivity contribution >= 4 is 46.2 Å². The van der Waals surface area contributed by atoms with Crippen molar-refractivity contribution in [3.8, 4) is 6.07 Å². The number of nitriles is 1. The maximum atomic E-state index is 10.0. The van der Waals surface area contributed by atoms with Gasteiger partial charge >= 0.3 is 0 Å². The zero-order valence-electron chi connectivity index (χ0n) is 25.1. The van der Waals surface area contributed by atoms with E-state index in [-0.39, 0.29) is 28.4 Å². The topological polar surface area (TPSA) is 129 Å². The normalized spacial score (nSPS) is 13.1. The number of rotatable bonds is 9. The number of β-amino-alcohol motifs (C(OH)–C–C–N with tert-alkyl or cyclic N) is 1. The first kappa shape index (κ1) is 35.7. The van der Waals surface area contributed by atoms with Crippen LogP contribution in [0.15, 0.2) is 54.6 Å². The number of benzene rings is 3. The second-order valence-electron chi connectivity index (χ2n) is 12.0. The van der Waals surface area contributed by atoms with E-state index in [1.807, 2.05) is 69.3 Å². The van der Waals surface area contributed by atoms with Crippen LogP contribution in [-0.2, 0) is 11.3 Å². The van der Waals surface area contributed by atoms with Gasteiger partial charge in [-0.2, -0.15) is 5.26 Å². The Morgan fingerprint density at radius 3 is 1.83 bits per heavy atom. The number of anilines is 2. The number of halogens is 3. The van der Waals surface area contributed by atoms with Crippen molar-refractivity contribution in [2.75, 3.05) is 24.6 Å². The fraction of sp³-hybridized carbons (Fsp3) is 0.406. The lowest BCUT2D eigenvalue weighted by Gasteiger charge is -2.26. The molecule has 0 amide bonds. The first-order chi connectivity index (χ1) is 19.5. The number of hydrogen-bond donors (Lipinski definition) is 5. The molecule has 0 saturated heterocycles. The molecule has 0 aliphatic carbocycles. The highest BCUT2D eigenvalue weighted by atomic mass is 35.5. The minimum atomic E-state index is -0.727. The maximum Gasteiger partial charge on any atom is 0.101 e. The van der Waals surface area contributed by atoms with Gasteiger partial charge in [0.2, 0.25) is 0 Å². The number of nitrogens with two attached hydrogens (primary N) is 2. The van der Waals surface area contributed by atoms with Crippen molar-refractivity contribution in [3.05, 3.63) is 91.9 Å². The lowest BCUT2D eigenvalue weighted by atomic mass is 10.0. The van der Waals surface area contributed by atoms with Crippen molar-refractivity contribution < 1.29 is 9.84 Å². The van der Waals surface area contributed by atoms with Gasteiger partial charge in [0, 0.05) is 24.2 Å². The Labute approximate surface area is 265 Å². The van der Waals surface area contributed by atoms with E-state index in [0.29, 0.717) is 46.0 Å². The minimum absolute atomic E-state index is 0.0181. The van der Waals surface area contributed by atoms with Crippen LogP contribution in [0.5, 0.6) is 0 Å². The van der Waals surface area contributed by atoms with Gasteiger partial charge in [-0.1, -0.05) is 65.1 Å². The summed E-state index contributed by atoms with van der Waals surface area (Å²) in [5.41, 5.74) is 14.9. The van der Waals surface area contributed by atoms with Gasteiger partial charge in [0.15, 0.2) is 0 Å². The van der Waals surface area contributed by atoms with Gasteiger partial charge in [0.1, 0.15) is 6.07 Å². The zero-order valence-corrected chi connectivity index (χ0v) is 27.3. The molecule has 0 aliphatic rings. The van der Waals surface area contributed by atoms with Gasteiger partial charge in [-0.25, -0.2) is 0 Å². The Bertz CT molecular complexity index is 1330. The lowest BCUT2D eigenvalue weighted by Crippen LogP contribution is -2.39. The summed E-state index contributed by atoms with van der Waals surface area (Å²) in [5, 5.41) is 26.8. The minimum Gasteiger partial charge on any atom is -0.396 e. The van der Waals surface area contributed by atoms with Gasteiger partial charge in [0.05, 0.1) is 50.8 Å². The van der Waals surface area contributed by atoms with Gasteiger partial charge in [-0.15, -0.1) is 0 Å². The molecule has 3 aromatic carbocycles. The number of nitrogens with one attached hydrogen (secondary N) is 2. The molecule has 10 heteroatoms. The van der Waals surface area contributed by atoms with Crippen molar-refractivity contribution in [2.45, 2.75) is 71.4 Å². The lowest BCUT2D eigenvalue weighted by molar-refractivity contribution is 0.0358. The van der Waals surface area contributed by atoms with E-state index in [9.17, 15) is 5.11 Å². The van der Waals surface area contributed by atoms with E-state index < -0.39 is 6.10 Å². The predicted octanol–water partition coefficient (Wildman–Crippen LogP) is 7.44. The molecule has 7 N–H and O–H groups in total. The Kier molecular flexibility index (Phi) is 13.4. The first-order valence-corrected chi connectivity index (χ1v) is 14.7. The molecular formula is C32H42Cl3N5O2. The molecule has 0 aliphatic heterocycles. The first-order valence-electron chi connectivity index (χ1n) is 13.6. The average molecular weight is 635 g/mol. The quantitative estimate of drug-likeness (QED) is 0.155. The third-order valence-corrected chi connectivity index (χ3v) is 7.01. The number of aliphatic hydroxyl groups excluding tert-OH is 1. The van der Waals surface area contributed by atoms with Gasteiger partial charge in [-0.3, -0.25) is 0 Å². The molecule has 0 fully saturated rings. The number of hydrogen-bond acceptors (Lipinski definition) is 7. The molecule has 0 spiro atoms. The van der Waals surface area contributed by atoms with Crippen molar-refractivity contribution in [2.24, 2.45) is 0 Å². The molecular weight excluding hydrogens is 593 g/mol. The van der Waals surface area contributed by atoms with E-state index in [0.717, 1.165) is 11.1 Å². The summed E-state index contributed by atoms with van der Waals surface area (Å²) in [6.07, 6.45) is -0.908. The SMILES string of the molecule is CC(C)(C)NCC(O)c1cc(Cl)c(N)c(C#N)c1.CC(C)(C)NCC(OCc1ccccc1)c1cc(Cl)c(N)c(Cl)c1. The van der Waals surface area contributed by atoms with Gasteiger partial charge < -0.3 is 31.9 Å². The van der Waals surface area contributed by atoms with Crippen molar-refractivity contribution in [3.63, 3.8) is 0 Å². The van der Waals surface area contributed by atoms with Gasteiger partial charge in [-0.05, 0) is 82.5 Å². The molecule has 0 radical (unpaired) electrons. The second kappa shape index (κ2) is 15.8. The summed E-state index contributed by atoms with van der Waals surface area (Å²) in [5.74, 6) is 0. The molecule has 2 unspecified atom stereocenters. The van der Waals surface area contributed by atoms with Crippen LogP contribution < -0.4 is 22.1 Å². The fourth-order valence-corrected chi connectivity index (χ4v) is 4.41. The third-order valence-electron chi connectivity index (χ3n) is 6.07. The molecule has 3 aromatic rings.